The minimum atomic E-state index is -0.521. The quantitative estimate of drug-likeness (QED) is 0.217. The second kappa shape index (κ2) is 10.3. The fourth-order valence-electron chi connectivity index (χ4n) is 3.41. The SMILES string of the molecule is CCOC(=O)COc1c(Cl)cc(/C=N\NC(=O)c2cc3c(ccc4ccccc43)o2)cc1OC. The van der Waals surface area contributed by atoms with Gasteiger partial charge in [-0.2, -0.15) is 5.10 Å². The van der Waals surface area contributed by atoms with Crippen LogP contribution in [0.5, 0.6) is 11.5 Å². The molecule has 0 bridgehead atoms. The molecule has 1 aromatic heterocycles. The average molecular weight is 481 g/mol. The average Bonchev–Trinajstić information content (AvgIpc) is 3.28. The molecule has 0 spiro atoms. The Labute approximate surface area is 200 Å². The molecule has 1 N–H and O–H groups in total. The summed E-state index contributed by atoms with van der Waals surface area (Å²) in [6.07, 6.45) is 1.40. The number of hydrogen-bond donors (Lipinski definition) is 1. The van der Waals surface area contributed by atoms with Gasteiger partial charge in [-0.3, -0.25) is 4.79 Å². The van der Waals surface area contributed by atoms with Crippen molar-refractivity contribution < 1.29 is 28.2 Å². The van der Waals surface area contributed by atoms with Gasteiger partial charge in [0.05, 0.1) is 25.0 Å². The molecule has 34 heavy (non-hydrogen) atoms. The van der Waals surface area contributed by atoms with E-state index in [1.165, 1.54) is 13.3 Å². The molecule has 8 nitrogen and oxygen atoms in total. The van der Waals surface area contributed by atoms with Crippen LogP contribution in [0.4, 0.5) is 0 Å². The van der Waals surface area contributed by atoms with E-state index in [0.29, 0.717) is 16.9 Å². The molecule has 9 heteroatoms. The Balaban J connectivity index is 1.47. The maximum Gasteiger partial charge on any atom is 0.344 e. The summed E-state index contributed by atoms with van der Waals surface area (Å²) in [4.78, 5) is 24.1. The molecule has 0 fully saturated rings. The first-order valence-corrected chi connectivity index (χ1v) is 10.8. The summed E-state index contributed by atoms with van der Waals surface area (Å²) in [6, 6.07) is 16.5. The standard InChI is InChI=1S/C25H21ClN2O6/c1-3-32-23(29)14-33-24-19(26)10-15(11-21(24)31-2)13-27-28-25(30)22-12-18-17-7-5-4-6-16(17)8-9-20(18)34-22/h4-13H,3,14H2,1-2H3,(H,28,30)/b27-13-. The molecule has 4 rings (SSSR count). The van der Waals surface area contributed by atoms with E-state index in [4.69, 9.17) is 30.2 Å². The summed E-state index contributed by atoms with van der Waals surface area (Å²) in [6.45, 7) is 1.65. The molecule has 1 amide bonds. The minimum absolute atomic E-state index is 0.141. The Hall–Kier alpha value is -4.04. The number of esters is 1. The predicted molar refractivity (Wildman–Crippen MR) is 129 cm³/mol. The number of benzene rings is 3. The van der Waals surface area contributed by atoms with E-state index in [0.717, 1.165) is 16.2 Å². The third kappa shape index (κ3) is 4.97. The maximum atomic E-state index is 12.6. The number of hydrogen-bond acceptors (Lipinski definition) is 7. The van der Waals surface area contributed by atoms with Gasteiger partial charge < -0.3 is 18.6 Å². The predicted octanol–water partition coefficient (Wildman–Crippen LogP) is 4.95. The number of furan rings is 1. The molecule has 0 aliphatic rings. The number of nitrogens with one attached hydrogen (secondary N) is 1. The number of amides is 1. The zero-order valence-corrected chi connectivity index (χ0v) is 19.2. The molecule has 174 valence electrons. The Morgan fingerprint density at radius 3 is 2.74 bits per heavy atom. The van der Waals surface area contributed by atoms with Crippen molar-refractivity contribution in [3.63, 3.8) is 0 Å². The molecule has 0 aliphatic heterocycles. The Kier molecular flexibility index (Phi) is 6.98. The molecular formula is C25H21ClN2O6. The molecule has 0 unspecified atom stereocenters. The Bertz CT molecular complexity index is 1400. The van der Waals surface area contributed by atoms with Gasteiger partial charge in [0.2, 0.25) is 0 Å². The van der Waals surface area contributed by atoms with Gasteiger partial charge in [0.1, 0.15) is 5.58 Å². The van der Waals surface area contributed by atoms with Gasteiger partial charge in [-0.25, -0.2) is 10.2 Å². The second-order valence-corrected chi connectivity index (χ2v) is 7.54. The summed E-state index contributed by atoms with van der Waals surface area (Å²) in [5.41, 5.74) is 3.60. The van der Waals surface area contributed by atoms with Gasteiger partial charge in [-0.15, -0.1) is 0 Å². The number of halogens is 1. The molecule has 0 radical (unpaired) electrons. The third-order valence-electron chi connectivity index (χ3n) is 4.92. The fraction of sp³-hybridized carbons (Fsp3) is 0.160. The number of ether oxygens (including phenoxy) is 3. The number of methoxy groups -OCH3 is 1. The fourth-order valence-corrected chi connectivity index (χ4v) is 3.69. The van der Waals surface area contributed by atoms with Crippen molar-refractivity contribution >= 4 is 51.4 Å². The Morgan fingerprint density at radius 2 is 1.94 bits per heavy atom. The lowest BCUT2D eigenvalue weighted by atomic mass is 10.1. The maximum absolute atomic E-state index is 12.6. The van der Waals surface area contributed by atoms with E-state index in [9.17, 15) is 9.59 Å². The van der Waals surface area contributed by atoms with Crippen molar-refractivity contribution in [3.8, 4) is 11.5 Å². The van der Waals surface area contributed by atoms with Crippen LogP contribution in [-0.4, -0.2) is 38.4 Å². The van der Waals surface area contributed by atoms with Gasteiger partial charge in [-0.1, -0.05) is 41.9 Å². The molecule has 1 heterocycles. The van der Waals surface area contributed by atoms with Crippen LogP contribution in [0.25, 0.3) is 21.7 Å². The van der Waals surface area contributed by atoms with E-state index < -0.39 is 11.9 Å². The number of rotatable bonds is 8. The largest absolute Gasteiger partial charge is 0.493 e. The van der Waals surface area contributed by atoms with Crippen LogP contribution in [0.3, 0.4) is 0 Å². The van der Waals surface area contributed by atoms with E-state index in [2.05, 4.69) is 10.5 Å². The van der Waals surface area contributed by atoms with Gasteiger partial charge in [0.15, 0.2) is 23.9 Å². The summed E-state index contributed by atoms with van der Waals surface area (Å²) < 4.78 is 21.3. The van der Waals surface area contributed by atoms with Crippen LogP contribution in [0.2, 0.25) is 5.02 Å². The highest BCUT2D eigenvalue weighted by Crippen LogP contribution is 2.36. The van der Waals surface area contributed by atoms with E-state index in [1.54, 1.807) is 25.1 Å². The zero-order valence-electron chi connectivity index (χ0n) is 18.5. The van der Waals surface area contributed by atoms with Crippen molar-refractivity contribution in [1.29, 1.82) is 0 Å². The van der Waals surface area contributed by atoms with Crippen LogP contribution in [-0.2, 0) is 9.53 Å². The smallest absolute Gasteiger partial charge is 0.344 e. The monoisotopic (exact) mass is 480 g/mol. The molecule has 0 saturated heterocycles. The number of carbonyl (C=O) groups is 2. The summed E-state index contributed by atoms with van der Waals surface area (Å²) in [7, 11) is 1.44. The van der Waals surface area contributed by atoms with Crippen LogP contribution >= 0.6 is 11.6 Å². The number of nitrogens with zero attached hydrogens (tertiary/aromatic N) is 1. The van der Waals surface area contributed by atoms with Crippen LogP contribution in [0, 0.1) is 0 Å². The number of fused-ring (bicyclic) bond motifs is 3. The minimum Gasteiger partial charge on any atom is -0.493 e. The zero-order chi connectivity index (χ0) is 24.1. The summed E-state index contributed by atoms with van der Waals surface area (Å²) in [5.74, 6) is -0.375. The Morgan fingerprint density at radius 1 is 1.12 bits per heavy atom. The lowest BCUT2D eigenvalue weighted by Crippen LogP contribution is -2.16. The first-order valence-electron chi connectivity index (χ1n) is 10.4. The molecule has 0 aliphatic carbocycles. The van der Waals surface area contributed by atoms with Crippen molar-refractivity contribution in [2.24, 2.45) is 5.10 Å². The highest BCUT2D eigenvalue weighted by Gasteiger charge is 2.15. The van der Waals surface area contributed by atoms with Crippen molar-refractivity contribution in [1.82, 2.24) is 5.43 Å². The first-order chi connectivity index (χ1) is 16.5. The van der Waals surface area contributed by atoms with E-state index in [1.807, 2.05) is 36.4 Å². The first kappa shape index (κ1) is 23.1. The van der Waals surface area contributed by atoms with E-state index in [-0.39, 0.29) is 29.7 Å². The van der Waals surface area contributed by atoms with Crippen molar-refractivity contribution in [2.45, 2.75) is 6.92 Å². The van der Waals surface area contributed by atoms with Crippen LogP contribution < -0.4 is 14.9 Å². The number of hydrazone groups is 1. The third-order valence-corrected chi connectivity index (χ3v) is 5.20. The topological polar surface area (TPSA) is 99.4 Å². The summed E-state index contributed by atoms with van der Waals surface area (Å²) >= 11 is 6.28. The van der Waals surface area contributed by atoms with Gasteiger partial charge in [0, 0.05) is 5.39 Å². The lowest BCUT2D eigenvalue weighted by molar-refractivity contribution is -0.145. The lowest BCUT2D eigenvalue weighted by Gasteiger charge is -2.12. The number of carbonyl (C=O) groups excluding carboxylic acids is 2. The normalized spacial score (nSPS) is 11.1. The van der Waals surface area contributed by atoms with Gasteiger partial charge >= 0.3 is 11.9 Å². The van der Waals surface area contributed by atoms with E-state index >= 15 is 0 Å². The molecule has 3 aromatic carbocycles. The van der Waals surface area contributed by atoms with Crippen molar-refractivity contribution in [3.05, 3.63) is 70.9 Å². The molecule has 0 atom stereocenters. The highest BCUT2D eigenvalue weighted by molar-refractivity contribution is 6.32. The highest BCUT2D eigenvalue weighted by atomic mass is 35.5. The second-order valence-electron chi connectivity index (χ2n) is 7.14. The molecular weight excluding hydrogens is 460 g/mol. The van der Waals surface area contributed by atoms with Crippen molar-refractivity contribution in [2.75, 3.05) is 20.3 Å². The van der Waals surface area contributed by atoms with Crippen LogP contribution in [0.15, 0.2) is 64.1 Å². The van der Waals surface area contributed by atoms with Gasteiger partial charge in [-0.05, 0) is 47.5 Å². The van der Waals surface area contributed by atoms with Gasteiger partial charge in [0.25, 0.3) is 0 Å². The van der Waals surface area contributed by atoms with Crippen LogP contribution in [0.1, 0.15) is 23.0 Å². The molecule has 4 aromatic rings. The summed E-state index contributed by atoms with van der Waals surface area (Å²) in [5, 5.41) is 7.09. The molecule has 0 saturated carbocycles.